The molecule has 0 heterocycles. The van der Waals surface area contributed by atoms with Gasteiger partial charge in [-0.3, -0.25) is 10.1 Å². The molecule has 0 unspecified atom stereocenters. The molecule has 25 heavy (non-hydrogen) atoms. The van der Waals surface area contributed by atoms with E-state index in [1.807, 2.05) is 0 Å². The van der Waals surface area contributed by atoms with Crippen LogP contribution in [0.5, 0.6) is 11.5 Å². The van der Waals surface area contributed by atoms with Gasteiger partial charge in [0.05, 0.1) is 19.9 Å². The molecule has 0 aliphatic carbocycles. The van der Waals surface area contributed by atoms with Crippen molar-refractivity contribution in [2.75, 3.05) is 0 Å². The molecule has 0 N–H and O–H groups in total. The summed E-state index contributed by atoms with van der Waals surface area (Å²) in [4.78, 5) is 8.72. The monoisotopic (exact) mass is 415 g/mol. The molecule has 2 aromatic carbocycles. The molecule has 2 aromatic rings. The van der Waals surface area contributed by atoms with Gasteiger partial charge in [0.2, 0.25) is 5.75 Å². The van der Waals surface area contributed by atoms with Crippen molar-refractivity contribution in [1.29, 1.82) is 0 Å². The van der Waals surface area contributed by atoms with Gasteiger partial charge in [-0.2, -0.15) is 13.2 Å². The molecule has 0 saturated carbocycles. The molecule has 0 aliphatic heterocycles. The van der Waals surface area contributed by atoms with Crippen LogP contribution in [0.2, 0.25) is 10.0 Å². The van der Waals surface area contributed by atoms with E-state index >= 15 is 0 Å². The van der Waals surface area contributed by atoms with Crippen LogP contribution in [0.25, 0.3) is 0 Å². The Morgan fingerprint density at radius 3 is 2.12 bits per heavy atom. The molecule has 0 atom stereocenters. The SMILES string of the molecule is O=[N+]([O-])c1cc(S(=O)(=O)C(F)(F)F)ccc1Oc1c(Cl)cccc1Cl. The van der Waals surface area contributed by atoms with Crippen LogP contribution in [0.3, 0.4) is 0 Å². The summed E-state index contributed by atoms with van der Waals surface area (Å²) in [5.74, 6) is -0.693. The minimum absolute atomic E-state index is 0.00575. The molecule has 0 spiro atoms. The highest BCUT2D eigenvalue weighted by molar-refractivity contribution is 7.92. The number of alkyl halides is 3. The lowest BCUT2D eigenvalue weighted by atomic mass is 10.3. The molecule has 2 rings (SSSR count). The fourth-order valence-electron chi connectivity index (χ4n) is 1.72. The van der Waals surface area contributed by atoms with Gasteiger partial charge in [-0.1, -0.05) is 29.3 Å². The Morgan fingerprint density at radius 2 is 1.64 bits per heavy atom. The van der Waals surface area contributed by atoms with Crippen molar-refractivity contribution in [2.45, 2.75) is 10.4 Å². The fraction of sp³-hybridized carbons (Fsp3) is 0.0769. The summed E-state index contributed by atoms with van der Waals surface area (Å²) in [7, 11) is -5.75. The van der Waals surface area contributed by atoms with Crippen LogP contribution < -0.4 is 4.74 Å². The van der Waals surface area contributed by atoms with Crippen molar-refractivity contribution in [1.82, 2.24) is 0 Å². The Bertz CT molecular complexity index is 927. The molecule has 12 heteroatoms. The number of sulfone groups is 1. The molecule has 0 bridgehead atoms. The van der Waals surface area contributed by atoms with Gasteiger partial charge in [-0.25, -0.2) is 8.42 Å². The first kappa shape index (κ1) is 19.3. The zero-order valence-corrected chi connectivity index (χ0v) is 14.1. The molecule has 0 aromatic heterocycles. The molecule has 0 aliphatic rings. The second-order valence-electron chi connectivity index (χ2n) is 4.49. The van der Waals surface area contributed by atoms with E-state index in [4.69, 9.17) is 27.9 Å². The standard InChI is InChI=1S/C13H6Cl2F3NO5S/c14-8-2-1-3-9(15)12(8)24-11-5-4-7(6-10(11)19(20)21)25(22,23)13(16,17)18/h1-6H. The lowest BCUT2D eigenvalue weighted by molar-refractivity contribution is -0.385. The number of benzene rings is 2. The topological polar surface area (TPSA) is 86.5 Å². The average Bonchev–Trinajstić information content (AvgIpc) is 2.49. The summed E-state index contributed by atoms with van der Waals surface area (Å²) in [6.07, 6.45) is 0. The highest BCUT2D eigenvalue weighted by atomic mass is 35.5. The number of rotatable bonds is 4. The third-order valence-electron chi connectivity index (χ3n) is 2.87. The van der Waals surface area contributed by atoms with Gasteiger partial charge in [-0.05, 0) is 24.3 Å². The maximum Gasteiger partial charge on any atom is 0.501 e. The molecule has 0 saturated heterocycles. The fourth-order valence-corrected chi connectivity index (χ4v) is 2.97. The lowest BCUT2D eigenvalue weighted by Gasteiger charge is -2.11. The molecule has 0 fully saturated rings. The summed E-state index contributed by atoms with van der Waals surface area (Å²) in [5, 5.41) is 11.1. The van der Waals surface area contributed by atoms with Gasteiger partial charge < -0.3 is 4.74 Å². The number of nitro benzene ring substituents is 1. The van der Waals surface area contributed by atoms with Crippen LogP contribution >= 0.6 is 23.2 Å². The number of nitrogens with zero attached hydrogens (tertiary/aromatic N) is 1. The van der Waals surface area contributed by atoms with Crippen LogP contribution in [-0.2, 0) is 9.84 Å². The van der Waals surface area contributed by atoms with Gasteiger partial charge in [0.1, 0.15) is 0 Å². The first-order valence-corrected chi connectivity index (χ1v) is 8.40. The Hall–Kier alpha value is -2.04. The lowest BCUT2D eigenvalue weighted by Crippen LogP contribution is -2.23. The highest BCUT2D eigenvalue weighted by Crippen LogP contribution is 2.41. The number of para-hydroxylation sites is 1. The normalized spacial score (nSPS) is 12.0. The molecule has 0 amide bonds. The Labute approximate surface area is 148 Å². The van der Waals surface area contributed by atoms with E-state index in [1.165, 1.54) is 18.2 Å². The Morgan fingerprint density at radius 1 is 1.08 bits per heavy atom. The van der Waals surface area contributed by atoms with Crippen LogP contribution in [0.1, 0.15) is 0 Å². The summed E-state index contributed by atoms with van der Waals surface area (Å²) in [5.41, 5.74) is -6.60. The quantitative estimate of drug-likeness (QED) is 0.518. The Balaban J connectivity index is 2.57. The van der Waals surface area contributed by atoms with Crippen molar-refractivity contribution in [3.63, 3.8) is 0 Å². The van der Waals surface area contributed by atoms with Crippen molar-refractivity contribution in [3.8, 4) is 11.5 Å². The highest BCUT2D eigenvalue weighted by Gasteiger charge is 2.47. The second-order valence-corrected chi connectivity index (χ2v) is 7.24. The van der Waals surface area contributed by atoms with Crippen molar-refractivity contribution in [3.05, 3.63) is 56.6 Å². The third-order valence-corrected chi connectivity index (χ3v) is 4.95. The minimum atomic E-state index is -5.75. The van der Waals surface area contributed by atoms with Gasteiger partial charge in [-0.15, -0.1) is 0 Å². The van der Waals surface area contributed by atoms with E-state index in [9.17, 15) is 31.7 Å². The van der Waals surface area contributed by atoms with E-state index in [0.717, 1.165) is 6.07 Å². The predicted octanol–water partition coefficient (Wildman–Crippen LogP) is 4.99. The largest absolute Gasteiger partial charge is 0.501 e. The molecule has 6 nitrogen and oxygen atoms in total. The maximum atomic E-state index is 12.6. The first-order valence-electron chi connectivity index (χ1n) is 6.17. The van der Waals surface area contributed by atoms with Crippen LogP contribution in [0.15, 0.2) is 41.3 Å². The zero-order valence-electron chi connectivity index (χ0n) is 11.8. The van der Waals surface area contributed by atoms with Crippen LogP contribution in [-0.4, -0.2) is 18.8 Å². The Kier molecular flexibility index (Phi) is 5.17. The zero-order chi connectivity index (χ0) is 19.0. The minimum Gasteiger partial charge on any atom is -0.447 e. The number of hydrogen-bond acceptors (Lipinski definition) is 5. The van der Waals surface area contributed by atoms with Crippen molar-refractivity contribution < 1.29 is 31.2 Å². The van der Waals surface area contributed by atoms with Gasteiger partial charge in [0, 0.05) is 6.07 Å². The molecule has 134 valence electrons. The first-order chi connectivity index (χ1) is 11.4. The van der Waals surface area contributed by atoms with Crippen molar-refractivity contribution >= 4 is 38.7 Å². The van der Waals surface area contributed by atoms with Gasteiger partial charge in [0.15, 0.2) is 5.75 Å². The smallest absolute Gasteiger partial charge is 0.447 e. The predicted molar refractivity (Wildman–Crippen MR) is 82.9 cm³/mol. The summed E-state index contributed by atoms with van der Waals surface area (Å²) < 4.78 is 65.7. The summed E-state index contributed by atoms with van der Waals surface area (Å²) >= 11 is 11.7. The van der Waals surface area contributed by atoms with E-state index in [0.29, 0.717) is 6.07 Å². The maximum absolute atomic E-state index is 12.6. The number of halogens is 5. The van der Waals surface area contributed by atoms with Gasteiger partial charge >= 0.3 is 11.2 Å². The van der Waals surface area contributed by atoms with Gasteiger partial charge in [0.25, 0.3) is 9.84 Å². The van der Waals surface area contributed by atoms with E-state index in [-0.39, 0.29) is 21.9 Å². The molecular weight excluding hydrogens is 410 g/mol. The number of hydrogen-bond donors (Lipinski definition) is 0. The number of ether oxygens (including phenoxy) is 1. The van der Waals surface area contributed by atoms with Crippen LogP contribution in [0.4, 0.5) is 18.9 Å². The average molecular weight is 416 g/mol. The van der Waals surface area contributed by atoms with E-state index < -0.39 is 36.6 Å². The van der Waals surface area contributed by atoms with Crippen LogP contribution in [0, 0.1) is 10.1 Å². The molecule has 0 radical (unpaired) electrons. The number of nitro groups is 1. The second kappa shape index (κ2) is 6.70. The van der Waals surface area contributed by atoms with E-state index in [1.54, 1.807) is 0 Å². The summed E-state index contributed by atoms with van der Waals surface area (Å²) in [6.45, 7) is 0. The van der Waals surface area contributed by atoms with E-state index in [2.05, 4.69) is 0 Å². The third kappa shape index (κ3) is 3.80. The summed E-state index contributed by atoms with van der Waals surface area (Å²) in [6, 6.07) is 5.73. The molecular formula is C13H6Cl2F3NO5S. The van der Waals surface area contributed by atoms with Crippen molar-refractivity contribution in [2.24, 2.45) is 0 Å².